The molecule has 1 aromatic carbocycles. The van der Waals surface area contributed by atoms with Crippen LogP contribution in [0.5, 0.6) is 0 Å². The summed E-state index contributed by atoms with van der Waals surface area (Å²) in [5.41, 5.74) is 15.7. The van der Waals surface area contributed by atoms with E-state index in [-0.39, 0.29) is 0 Å². The number of unbranched alkanes of at least 4 members (excludes halogenated alkanes) is 2. The normalized spacial score (nSPS) is 28.1. The van der Waals surface area contributed by atoms with E-state index in [4.69, 9.17) is 11.5 Å². The van der Waals surface area contributed by atoms with E-state index in [9.17, 15) is 0 Å². The molecule has 2 nitrogen and oxygen atoms in total. The van der Waals surface area contributed by atoms with Crippen LogP contribution in [0.1, 0.15) is 96.0 Å². The monoisotopic (exact) mass is 342 g/mol. The topological polar surface area (TPSA) is 52.0 Å². The van der Waals surface area contributed by atoms with Crippen LogP contribution in [0.4, 0.5) is 11.4 Å². The molecule has 4 N–H and O–H groups in total. The summed E-state index contributed by atoms with van der Waals surface area (Å²) in [5, 5.41) is 0. The van der Waals surface area contributed by atoms with Crippen LogP contribution in [0, 0.1) is 11.8 Å². The molecule has 2 aliphatic carbocycles. The quantitative estimate of drug-likeness (QED) is 0.461. The summed E-state index contributed by atoms with van der Waals surface area (Å²) in [6, 6.07) is 6.32. The van der Waals surface area contributed by atoms with E-state index in [0.717, 1.165) is 23.2 Å². The predicted molar refractivity (Wildman–Crippen MR) is 110 cm³/mol. The van der Waals surface area contributed by atoms with E-state index in [2.05, 4.69) is 19.1 Å². The Morgan fingerprint density at radius 2 is 1.44 bits per heavy atom. The molecule has 0 aromatic heterocycles. The van der Waals surface area contributed by atoms with Crippen molar-refractivity contribution in [2.75, 3.05) is 11.5 Å². The lowest BCUT2D eigenvalue weighted by Gasteiger charge is -2.44. The molecule has 3 rings (SSSR count). The third-order valence-electron chi connectivity index (χ3n) is 7.15. The highest BCUT2D eigenvalue weighted by Gasteiger charge is 2.38. The number of rotatable bonds is 6. The first-order valence-electron chi connectivity index (χ1n) is 10.8. The SMILES string of the molecule is CCCCC[C@]1(c2cc(N)cc(N)c2)CC[C@H](C2CCCCC2)CC1. The lowest BCUT2D eigenvalue weighted by molar-refractivity contribution is 0.141. The Morgan fingerprint density at radius 1 is 0.840 bits per heavy atom. The molecule has 0 atom stereocenters. The molecule has 0 saturated heterocycles. The average molecular weight is 343 g/mol. The van der Waals surface area contributed by atoms with Crippen molar-refractivity contribution in [3.63, 3.8) is 0 Å². The van der Waals surface area contributed by atoms with Crippen molar-refractivity contribution in [3.05, 3.63) is 23.8 Å². The number of nitrogen functional groups attached to an aromatic ring is 2. The molecule has 0 heterocycles. The fourth-order valence-corrected chi connectivity index (χ4v) is 5.65. The summed E-state index contributed by atoms with van der Waals surface area (Å²) in [6.07, 6.45) is 18.1. The molecule has 0 spiro atoms. The van der Waals surface area contributed by atoms with Crippen LogP contribution in [0.15, 0.2) is 18.2 Å². The zero-order valence-corrected chi connectivity index (χ0v) is 16.2. The third-order valence-corrected chi connectivity index (χ3v) is 7.15. The third kappa shape index (κ3) is 4.51. The van der Waals surface area contributed by atoms with Gasteiger partial charge in [0.05, 0.1) is 0 Å². The van der Waals surface area contributed by atoms with Gasteiger partial charge in [-0.25, -0.2) is 0 Å². The number of benzene rings is 1. The Labute approximate surface area is 154 Å². The molecule has 2 aliphatic rings. The number of anilines is 2. The van der Waals surface area contributed by atoms with Crippen molar-refractivity contribution >= 4 is 11.4 Å². The fraction of sp³-hybridized carbons (Fsp3) is 0.739. The minimum Gasteiger partial charge on any atom is -0.399 e. The highest BCUT2D eigenvalue weighted by molar-refractivity contribution is 5.56. The molecule has 1 aromatic rings. The summed E-state index contributed by atoms with van der Waals surface area (Å²) in [4.78, 5) is 0. The number of nitrogens with two attached hydrogens (primary N) is 2. The summed E-state index contributed by atoms with van der Waals surface area (Å²) in [6.45, 7) is 2.30. The van der Waals surface area contributed by atoms with Crippen LogP contribution < -0.4 is 11.5 Å². The van der Waals surface area contributed by atoms with Crippen molar-refractivity contribution < 1.29 is 0 Å². The highest BCUT2D eigenvalue weighted by Crippen LogP contribution is 2.49. The Bertz CT molecular complexity index is 517. The maximum Gasteiger partial charge on any atom is 0.0337 e. The van der Waals surface area contributed by atoms with Gasteiger partial charge >= 0.3 is 0 Å². The van der Waals surface area contributed by atoms with E-state index in [1.165, 1.54) is 89.0 Å². The zero-order valence-electron chi connectivity index (χ0n) is 16.2. The van der Waals surface area contributed by atoms with E-state index in [0.29, 0.717) is 5.41 Å². The summed E-state index contributed by atoms with van der Waals surface area (Å²) in [7, 11) is 0. The highest BCUT2D eigenvalue weighted by atomic mass is 14.6. The Morgan fingerprint density at radius 3 is 2.04 bits per heavy atom. The summed E-state index contributed by atoms with van der Waals surface area (Å²) < 4.78 is 0. The maximum absolute atomic E-state index is 6.14. The van der Waals surface area contributed by atoms with Crippen molar-refractivity contribution in [2.45, 2.75) is 95.8 Å². The van der Waals surface area contributed by atoms with E-state index in [1.54, 1.807) is 0 Å². The smallest absolute Gasteiger partial charge is 0.0337 e. The largest absolute Gasteiger partial charge is 0.399 e. The Kier molecular flexibility index (Phi) is 6.30. The number of hydrogen-bond acceptors (Lipinski definition) is 2. The van der Waals surface area contributed by atoms with Crippen LogP contribution in [-0.2, 0) is 5.41 Å². The molecule has 0 radical (unpaired) electrons. The minimum absolute atomic E-state index is 0.323. The van der Waals surface area contributed by atoms with Crippen molar-refractivity contribution in [3.8, 4) is 0 Å². The van der Waals surface area contributed by atoms with Crippen molar-refractivity contribution in [1.29, 1.82) is 0 Å². The lowest BCUT2D eigenvalue weighted by atomic mass is 9.61. The molecule has 0 amide bonds. The predicted octanol–water partition coefficient (Wildman–Crippen LogP) is 6.44. The van der Waals surface area contributed by atoms with Gasteiger partial charge in [-0.05, 0) is 73.1 Å². The maximum atomic E-state index is 6.14. The van der Waals surface area contributed by atoms with Crippen molar-refractivity contribution in [2.24, 2.45) is 11.8 Å². The minimum atomic E-state index is 0.323. The van der Waals surface area contributed by atoms with E-state index >= 15 is 0 Å². The lowest BCUT2D eigenvalue weighted by Crippen LogP contribution is -2.34. The Hall–Kier alpha value is -1.18. The zero-order chi connectivity index (χ0) is 17.7. The van der Waals surface area contributed by atoms with Gasteiger partial charge in [-0.1, -0.05) is 58.3 Å². The second-order valence-electron chi connectivity index (χ2n) is 8.86. The standard InChI is InChI=1S/C23H38N2/c1-2-3-7-12-23(20-15-21(24)17-22(25)16-20)13-10-19(11-14-23)18-8-5-4-6-9-18/h15-19H,2-14,24-25H2,1H3/t19-,23-. The molecular weight excluding hydrogens is 304 g/mol. The van der Waals surface area contributed by atoms with E-state index in [1.807, 2.05) is 6.07 Å². The van der Waals surface area contributed by atoms with Crippen molar-refractivity contribution in [1.82, 2.24) is 0 Å². The molecular formula is C23H38N2. The van der Waals surface area contributed by atoms with Crippen LogP contribution in [0.3, 0.4) is 0 Å². The second-order valence-corrected chi connectivity index (χ2v) is 8.86. The van der Waals surface area contributed by atoms with Crippen LogP contribution in [-0.4, -0.2) is 0 Å². The molecule has 2 heteroatoms. The van der Waals surface area contributed by atoms with Gasteiger partial charge in [0, 0.05) is 11.4 Å². The van der Waals surface area contributed by atoms with Crippen LogP contribution in [0.25, 0.3) is 0 Å². The summed E-state index contributed by atoms with van der Waals surface area (Å²) in [5.74, 6) is 1.98. The second kappa shape index (κ2) is 8.47. The van der Waals surface area contributed by atoms with Gasteiger partial charge in [0.25, 0.3) is 0 Å². The molecule has 2 fully saturated rings. The van der Waals surface area contributed by atoms with Gasteiger partial charge in [0.1, 0.15) is 0 Å². The molecule has 0 unspecified atom stereocenters. The van der Waals surface area contributed by atoms with Crippen LogP contribution in [0.2, 0.25) is 0 Å². The van der Waals surface area contributed by atoms with Gasteiger partial charge in [-0.2, -0.15) is 0 Å². The summed E-state index contributed by atoms with van der Waals surface area (Å²) >= 11 is 0. The average Bonchev–Trinajstić information content (AvgIpc) is 2.62. The molecule has 25 heavy (non-hydrogen) atoms. The Balaban J connectivity index is 1.74. The molecule has 0 aliphatic heterocycles. The van der Waals surface area contributed by atoms with Crippen LogP contribution >= 0.6 is 0 Å². The van der Waals surface area contributed by atoms with Gasteiger partial charge < -0.3 is 11.5 Å². The molecule has 0 bridgehead atoms. The number of hydrogen-bond donors (Lipinski definition) is 2. The first kappa shape index (κ1) is 18.6. The van der Waals surface area contributed by atoms with Gasteiger partial charge in [0.2, 0.25) is 0 Å². The molecule has 2 saturated carbocycles. The van der Waals surface area contributed by atoms with E-state index < -0.39 is 0 Å². The first-order valence-corrected chi connectivity index (χ1v) is 10.8. The van der Waals surface area contributed by atoms with Gasteiger partial charge in [0.15, 0.2) is 0 Å². The van der Waals surface area contributed by atoms with Gasteiger partial charge in [-0.3, -0.25) is 0 Å². The fourth-order valence-electron chi connectivity index (χ4n) is 5.65. The first-order chi connectivity index (χ1) is 12.1. The van der Waals surface area contributed by atoms with Gasteiger partial charge in [-0.15, -0.1) is 0 Å². The molecule has 140 valence electrons.